The van der Waals surface area contributed by atoms with Crippen molar-refractivity contribution in [3.8, 4) is 5.75 Å². The fourth-order valence-corrected chi connectivity index (χ4v) is 3.14. The van der Waals surface area contributed by atoms with Crippen LogP contribution in [0.15, 0.2) is 47.5 Å². The van der Waals surface area contributed by atoms with Gasteiger partial charge in [0.05, 0.1) is 13.2 Å². The second-order valence-electron chi connectivity index (χ2n) is 6.69. The minimum Gasteiger partial charge on any atom is -0.493 e. The van der Waals surface area contributed by atoms with Crippen molar-refractivity contribution in [3.63, 3.8) is 0 Å². The topological polar surface area (TPSA) is 74.8 Å². The van der Waals surface area contributed by atoms with Crippen LogP contribution >= 0.6 is 24.0 Å². The van der Waals surface area contributed by atoms with E-state index in [-0.39, 0.29) is 29.9 Å². The number of amides is 1. The summed E-state index contributed by atoms with van der Waals surface area (Å²) in [4.78, 5) is 16.2. The normalized spacial score (nSPS) is 12.4. The first-order chi connectivity index (χ1) is 13.7. The van der Waals surface area contributed by atoms with Gasteiger partial charge in [0.2, 0.25) is 0 Å². The Morgan fingerprint density at radius 2 is 1.86 bits per heavy atom. The van der Waals surface area contributed by atoms with Crippen LogP contribution in [0.1, 0.15) is 34.0 Å². The van der Waals surface area contributed by atoms with Crippen molar-refractivity contribution in [1.82, 2.24) is 16.0 Å². The maximum absolute atomic E-state index is 11.6. The fourth-order valence-electron chi connectivity index (χ4n) is 3.14. The summed E-state index contributed by atoms with van der Waals surface area (Å²) in [6.45, 7) is 5.01. The van der Waals surface area contributed by atoms with Crippen LogP contribution in [0, 0.1) is 0 Å². The van der Waals surface area contributed by atoms with E-state index in [1.165, 1.54) is 11.1 Å². The van der Waals surface area contributed by atoms with Gasteiger partial charge in [-0.05, 0) is 48.2 Å². The molecule has 0 saturated carbocycles. The number of aliphatic imine (C=N–C) groups is 1. The predicted molar refractivity (Wildman–Crippen MR) is 127 cm³/mol. The number of carbonyl (C=O) groups excluding carboxylic acids is 1. The fraction of sp³-hybridized carbons (Fsp3) is 0.364. The van der Waals surface area contributed by atoms with Gasteiger partial charge in [0.25, 0.3) is 5.91 Å². The molecule has 0 saturated heterocycles. The van der Waals surface area contributed by atoms with Crippen LogP contribution in [-0.2, 0) is 19.4 Å². The molecule has 0 atom stereocenters. The molecule has 2 aromatic carbocycles. The molecule has 0 fully saturated rings. The number of nitrogens with one attached hydrogen (secondary N) is 3. The molecule has 3 rings (SSSR count). The zero-order valence-electron chi connectivity index (χ0n) is 17.0. The third-order valence-corrected chi connectivity index (χ3v) is 4.67. The third-order valence-electron chi connectivity index (χ3n) is 4.67. The molecule has 156 valence electrons. The number of halogens is 1. The summed E-state index contributed by atoms with van der Waals surface area (Å²) < 4.78 is 5.56. The van der Waals surface area contributed by atoms with Gasteiger partial charge in [0, 0.05) is 32.1 Å². The number of hydrogen-bond acceptors (Lipinski definition) is 3. The molecular formula is C22H29IN4O2. The Morgan fingerprint density at radius 1 is 1.10 bits per heavy atom. The van der Waals surface area contributed by atoms with E-state index in [2.05, 4.69) is 46.1 Å². The van der Waals surface area contributed by atoms with Crippen LogP contribution in [0.25, 0.3) is 0 Å². The SMILES string of the molecule is CCNC(=NCc1ccc(C(=O)NC)cc1)NCCc1ccc2c(c1)CCO2.I. The number of rotatable bonds is 7. The third kappa shape index (κ3) is 6.62. The Labute approximate surface area is 189 Å². The van der Waals surface area contributed by atoms with Crippen molar-refractivity contribution < 1.29 is 9.53 Å². The lowest BCUT2D eigenvalue weighted by atomic mass is 10.1. The monoisotopic (exact) mass is 508 g/mol. The van der Waals surface area contributed by atoms with Gasteiger partial charge < -0.3 is 20.7 Å². The standard InChI is InChI=1S/C22H28N4O2.HI/c1-3-24-22(26-15-17-4-7-18(8-5-17)21(27)23-2)25-12-10-16-6-9-20-19(14-16)11-13-28-20;/h4-9,14H,3,10-13,15H2,1-2H3,(H,23,27)(H2,24,25,26);1H. The van der Waals surface area contributed by atoms with E-state index in [9.17, 15) is 4.79 Å². The van der Waals surface area contributed by atoms with Crippen LogP contribution in [0.3, 0.4) is 0 Å². The molecule has 29 heavy (non-hydrogen) atoms. The number of hydrogen-bond donors (Lipinski definition) is 3. The van der Waals surface area contributed by atoms with E-state index >= 15 is 0 Å². The molecule has 6 nitrogen and oxygen atoms in total. The van der Waals surface area contributed by atoms with Crippen LogP contribution in [-0.4, -0.2) is 38.6 Å². The van der Waals surface area contributed by atoms with Crippen molar-refractivity contribution in [2.24, 2.45) is 4.99 Å². The van der Waals surface area contributed by atoms with E-state index in [4.69, 9.17) is 4.74 Å². The van der Waals surface area contributed by atoms with Gasteiger partial charge in [-0.25, -0.2) is 4.99 Å². The van der Waals surface area contributed by atoms with Gasteiger partial charge in [-0.2, -0.15) is 0 Å². The number of fused-ring (bicyclic) bond motifs is 1. The average Bonchev–Trinajstić information content (AvgIpc) is 3.19. The number of guanidine groups is 1. The van der Waals surface area contributed by atoms with Crippen molar-refractivity contribution in [3.05, 3.63) is 64.7 Å². The maximum atomic E-state index is 11.6. The van der Waals surface area contributed by atoms with Crippen molar-refractivity contribution in [1.29, 1.82) is 0 Å². The average molecular weight is 508 g/mol. The molecule has 3 N–H and O–H groups in total. The summed E-state index contributed by atoms with van der Waals surface area (Å²) in [7, 11) is 1.63. The number of nitrogens with zero attached hydrogens (tertiary/aromatic N) is 1. The van der Waals surface area contributed by atoms with Crippen LogP contribution < -0.4 is 20.7 Å². The van der Waals surface area contributed by atoms with E-state index in [1.807, 2.05) is 24.3 Å². The first-order valence-corrected chi connectivity index (χ1v) is 9.77. The Morgan fingerprint density at radius 3 is 2.59 bits per heavy atom. The second-order valence-corrected chi connectivity index (χ2v) is 6.69. The van der Waals surface area contributed by atoms with Gasteiger partial charge >= 0.3 is 0 Å². The number of benzene rings is 2. The van der Waals surface area contributed by atoms with E-state index in [1.54, 1.807) is 7.05 Å². The lowest BCUT2D eigenvalue weighted by molar-refractivity contribution is 0.0963. The smallest absolute Gasteiger partial charge is 0.251 e. The Bertz CT molecular complexity index is 837. The molecule has 1 heterocycles. The predicted octanol–water partition coefficient (Wildman–Crippen LogP) is 2.90. The molecule has 2 aromatic rings. The number of carbonyl (C=O) groups is 1. The summed E-state index contributed by atoms with van der Waals surface area (Å²) in [5.41, 5.74) is 4.32. The van der Waals surface area contributed by atoms with E-state index in [0.717, 1.165) is 49.8 Å². The zero-order valence-corrected chi connectivity index (χ0v) is 19.3. The molecule has 0 aliphatic carbocycles. The zero-order chi connectivity index (χ0) is 19.8. The summed E-state index contributed by atoms with van der Waals surface area (Å²) in [6, 6.07) is 13.9. The first kappa shape index (κ1) is 23.0. The van der Waals surface area contributed by atoms with Gasteiger partial charge in [0.15, 0.2) is 5.96 Å². The molecule has 1 amide bonds. The largest absolute Gasteiger partial charge is 0.493 e. The van der Waals surface area contributed by atoms with Gasteiger partial charge in [-0.3, -0.25) is 4.79 Å². The maximum Gasteiger partial charge on any atom is 0.251 e. The molecule has 1 aliphatic heterocycles. The summed E-state index contributed by atoms with van der Waals surface area (Å²) in [5, 5.41) is 9.29. The molecular weight excluding hydrogens is 479 g/mol. The Kier molecular flexibility index (Phi) is 9.24. The molecule has 0 bridgehead atoms. The lowest BCUT2D eigenvalue weighted by Crippen LogP contribution is -2.38. The van der Waals surface area contributed by atoms with Gasteiger partial charge in [-0.15, -0.1) is 24.0 Å². The molecule has 0 unspecified atom stereocenters. The van der Waals surface area contributed by atoms with E-state index in [0.29, 0.717) is 12.1 Å². The van der Waals surface area contributed by atoms with Crippen molar-refractivity contribution >= 4 is 35.8 Å². The minimum absolute atomic E-state index is 0. The highest BCUT2D eigenvalue weighted by Crippen LogP contribution is 2.25. The first-order valence-electron chi connectivity index (χ1n) is 9.77. The Hall–Kier alpha value is -2.29. The molecule has 7 heteroatoms. The van der Waals surface area contributed by atoms with Crippen molar-refractivity contribution in [2.45, 2.75) is 26.3 Å². The van der Waals surface area contributed by atoms with Crippen LogP contribution in [0.4, 0.5) is 0 Å². The minimum atomic E-state index is -0.0804. The highest BCUT2D eigenvalue weighted by molar-refractivity contribution is 14.0. The molecule has 0 radical (unpaired) electrons. The Balaban J connectivity index is 0.00000300. The van der Waals surface area contributed by atoms with E-state index < -0.39 is 0 Å². The molecule has 0 aromatic heterocycles. The second kappa shape index (κ2) is 11.6. The molecule has 1 aliphatic rings. The summed E-state index contributed by atoms with van der Waals surface area (Å²) >= 11 is 0. The highest BCUT2D eigenvalue weighted by Gasteiger charge is 2.11. The molecule has 0 spiro atoms. The van der Waals surface area contributed by atoms with Gasteiger partial charge in [0.1, 0.15) is 5.75 Å². The van der Waals surface area contributed by atoms with Crippen LogP contribution in [0.5, 0.6) is 5.75 Å². The van der Waals surface area contributed by atoms with Crippen molar-refractivity contribution in [2.75, 3.05) is 26.7 Å². The van der Waals surface area contributed by atoms with Gasteiger partial charge in [-0.1, -0.05) is 24.3 Å². The van der Waals surface area contributed by atoms with Crippen LogP contribution in [0.2, 0.25) is 0 Å². The quantitative estimate of drug-likeness (QED) is 0.306. The lowest BCUT2D eigenvalue weighted by Gasteiger charge is -2.12. The highest BCUT2D eigenvalue weighted by atomic mass is 127. The summed E-state index contributed by atoms with van der Waals surface area (Å²) in [6.07, 6.45) is 1.93. The summed E-state index contributed by atoms with van der Waals surface area (Å²) in [5.74, 6) is 1.74. The number of ether oxygens (including phenoxy) is 1.